The molecule has 3 aliphatic rings. The van der Waals surface area contributed by atoms with Gasteiger partial charge in [0.15, 0.2) is 0 Å². The van der Waals surface area contributed by atoms with E-state index in [0.717, 1.165) is 69.3 Å². The molecule has 3 saturated heterocycles. The van der Waals surface area contributed by atoms with Gasteiger partial charge in [0.2, 0.25) is 0 Å². The van der Waals surface area contributed by atoms with Crippen LogP contribution in [0.15, 0.2) is 30.5 Å². The molecule has 31 heavy (non-hydrogen) atoms. The Morgan fingerprint density at radius 2 is 1.65 bits per heavy atom. The number of fused-ring (bicyclic) bond motifs is 1. The maximum absolute atomic E-state index is 13.1. The molecule has 1 aromatic carbocycles. The predicted molar refractivity (Wildman–Crippen MR) is 121 cm³/mol. The van der Waals surface area contributed by atoms with Crippen LogP contribution in [-0.4, -0.2) is 67.1 Å². The number of ether oxygens (including phenoxy) is 2. The maximum atomic E-state index is 13.1. The summed E-state index contributed by atoms with van der Waals surface area (Å²) in [6, 6.07) is 8.72. The summed E-state index contributed by atoms with van der Waals surface area (Å²) in [4.78, 5) is 0. The van der Waals surface area contributed by atoms with Crippen molar-refractivity contribution in [1.82, 2.24) is 13.2 Å². The largest absolute Gasteiger partial charge is 0.490 e. The molecule has 0 amide bonds. The van der Waals surface area contributed by atoms with Gasteiger partial charge < -0.3 is 14.0 Å². The molecule has 4 heterocycles. The van der Waals surface area contributed by atoms with E-state index in [-0.39, 0.29) is 6.10 Å². The Morgan fingerprint density at radius 1 is 0.903 bits per heavy atom. The number of aromatic nitrogens is 1. The molecule has 0 radical (unpaired) electrons. The van der Waals surface area contributed by atoms with Crippen LogP contribution in [0.25, 0.3) is 10.9 Å². The predicted octanol–water partition coefficient (Wildman–Crippen LogP) is 3.57. The van der Waals surface area contributed by atoms with Crippen LogP contribution >= 0.6 is 0 Å². The summed E-state index contributed by atoms with van der Waals surface area (Å²) >= 11 is 0. The summed E-state index contributed by atoms with van der Waals surface area (Å²) in [7, 11) is -3.35. The summed E-state index contributed by atoms with van der Waals surface area (Å²) in [5.41, 5.74) is 1.18. The van der Waals surface area contributed by atoms with Gasteiger partial charge in [-0.15, -0.1) is 0 Å². The molecule has 170 valence electrons. The molecule has 0 spiro atoms. The molecule has 8 heteroatoms. The normalized spacial score (nSPS) is 25.1. The molecular formula is C23H33N3O4S. The van der Waals surface area contributed by atoms with Crippen LogP contribution in [0.3, 0.4) is 0 Å². The van der Waals surface area contributed by atoms with Crippen molar-refractivity contribution in [3.05, 3.63) is 30.5 Å². The average Bonchev–Trinajstić information content (AvgIpc) is 3.37. The summed E-state index contributed by atoms with van der Waals surface area (Å²) in [5, 5.41) is 1.12. The van der Waals surface area contributed by atoms with Gasteiger partial charge in [0, 0.05) is 44.4 Å². The second-order valence-corrected chi connectivity index (χ2v) is 10.9. The molecule has 0 N–H and O–H groups in total. The average molecular weight is 448 g/mol. The molecule has 3 fully saturated rings. The van der Waals surface area contributed by atoms with E-state index >= 15 is 0 Å². The minimum atomic E-state index is -3.35. The first-order valence-electron chi connectivity index (χ1n) is 11.7. The Kier molecular flexibility index (Phi) is 6.23. The molecule has 2 aromatic rings. The first-order valence-corrected chi connectivity index (χ1v) is 13.1. The Labute approximate surface area is 185 Å². The van der Waals surface area contributed by atoms with Crippen molar-refractivity contribution in [1.29, 1.82) is 0 Å². The zero-order chi connectivity index (χ0) is 21.3. The number of rotatable bonds is 5. The quantitative estimate of drug-likeness (QED) is 0.703. The lowest BCUT2D eigenvalue weighted by molar-refractivity contribution is 0.133. The topological polar surface area (TPSA) is 64.0 Å². The standard InChI is InChI=1S/C23H33N3O4S/c27-31(28,24-12-3-1-2-4-13-24)25-14-8-20(9-15-25)30-23-7-5-6-22-21(23)10-16-26(22)19-11-17-29-18-19/h5-7,10,16,19-20H,1-4,8-9,11-15,17-18H2. The SMILES string of the molecule is O=S(=O)(N1CCCCCC1)N1CCC(Oc2cccc3c2ccn3C2CCOC2)CC1. The van der Waals surface area contributed by atoms with Crippen LogP contribution in [-0.2, 0) is 14.9 Å². The van der Waals surface area contributed by atoms with Crippen molar-refractivity contribution >= 4 is 21.1 Å². The molecule has 0 aliphatic carbocycles. The molecule has 7 nitrogen and oxygen atoms in total. The molecule has 0 bridgehead atoms. The van der Waals surface area contributed by atoms with Gasteiger partial charge in [-0.1, -0.05) is 18.9 Å². The third kappa shape index (κ3) is 4.35. The fourth-order valence-electron chi connectivity index (χ4n) is 5.12. The highest BCUT2D eigenvalue weighted by atomic mass is 32.2. The lowest BCUT2D eigenvalue weighted by Crippen LogP contribution is -2.48. The zero-order valence-electron chi connectivity index (χ0n) is 18.1. The van der Waals surface area contributed by atoms with E-state index in [1.54, 1.807) is 8.61 Å². The van der Waals surface area contributed by atoms with Crippen molar-refractivity contribution in [2.24, 2.45) is 0 Å². The van der Waals surface area contributed by atoms with Crippen molar-refractivity contribution in [3.63, 3.8) is 0 Å². The fraction of sp³-hybridized carbons (Fsp3) is 0.652. The van der Waals surface area contributed by atoms with Gasteiger partial charge in [-0.25, -0.2) is 0 Å². The fourth-order valence-corrected chi connectivity index (χ4v) is 6.84. The highest BCUT2D eigenvalue weighted by molar-refractivity contribution is 7.86. The lowest BCUT2D eigenvalue weighted by atomic mass is 10.1. The summed E-state index contributed by atoms with van der Waals surface area (Å²) in [5.74, 6) is 0.893. The number of hydrogen-bond donors (Lipinski definition) is 0. The first-order chi connectivity index (χ1) is 15.1. The molecule has 0 saturated carbocycles. The van der Waals surface area contributed by atoms with E-state index in [1.807, 2.05) is 12.1 Å². The minimum absolute atomic E-state index is 0.0411. The van der Waals surface area contributed by atoms with Crippen LogP contribution in [0.2, 0.25) is 0 Å². The van der Waals surface area contributed by atoms with Crippen molar-refractivity contribution in [2.45, 2.75) is 57.1 Å². The minimum Gasteiger partial charge on any atom is -0.490 e. The molecule has 1 atom stereocenters. The van der Waals surface area contributed by atoms with E-state index in [9.17, 15) is 8.42 Å². The summed E-state index contributed by atoms with van der Waals surface area (Å²) in [6.45, 7) is 3.95. The Morgan fingerprint density at radius 3 is 2.35 bits per heavy atom. The second kappa shape index (κ2) is 9.10. The number of piperidine rings is 1. The Bertz CT molecular complexity index is 983. The Hall–Kier alpha value is -1.61. The van der Waals surface area contributed by atoms with Gasteiger partial charge in [0.1, 0.15) is 11.9 Å². The van der Waals surface area contributed by atoms with Crippen molar-refractivity contribution in [2.75, 3.05) is 39.4 Å². The highest BCUT2D eigenvalue weighted by Crippen LogP contribution is 2.33. The molecule has 5 rings (SSSR count). The van der Waals surface area contributed by atoms with E-state index in [4.69, 9.17) is 9.47 Å². The lowest BCUT2D eigenvalue weighted by Gasteiger charge is -2.34. The molecule has 1 unspecified atom stereocenters. The zero-order valence-corrected chi connectivity index (χ0v) is 18.9. The monoisotopic (exact) mass is 447 g/mol. The van der Waals surface area contributed by atoms with Crippen LogP contribution in [0.4, 0.5) is 0 Å². The van der Waals surface area contributed by atoms with Gasteiger partial charge >= 0.3 is 0 Å². The number of nitrogens with zero attached hydrogens (tertiary/aromatic N) is 3. The van der Waals surface area contributed by atoms with Crippen LogP contribution in [0.1, 0.15) is 51.0 Å². The van der Waals surface area contributed by atoms with E-state index < -0.39 is 10.2 Å². The smallest absolute Gasteiger partial charge is 0.281 e. The maximum Gasteiger partial charge on any atom is 0.281 e. The Balaban J connectivity index is 1.24. The molecule has 3 aliphatic heterocycles. The molecule has 1 aromatic heterocycles. The van der Waals surface area contributed by atoms with Gasteiger partial charge in [-0.05, 0) is 50.3 Å². The molecular weight excluding hydrogens is 414 g/mol. The number of hydrogen-bond acceptors (Lipinski definition) is 4. The van der Waals surface area contributed by atoms with Gasteiger partial charge in [0.05, 0.1) is 18.2 Å². The van der Waals surface area contributed by atoms with Crippen LogP contribution < -0.4 is 4.74 Å². The highest BCUT2D eigenvalue weighted by Gasteiger charge is 2.33. The van der Waals surface area contributed by atoms with Crippen LogP contribution in [0.5, 0.6) is 5.75 Å². The van der Waals surface area contributed by atoms with E-state index in [1.165, 1.54) is 5.52 Å². The van der Waals surface area contributed by atoms with E-state index in [2.05, 4.69) is 22.9 Å². The second-order valence-electron chi connectivity index (χ2n) is 8.97. The van der Waals surface area contributed by atoms with Gasteiger partial charge in [-0.2, -0.15) is 17.0 Å². The van der Waals surface area contributed by atoms with Crippen LogP contribution in [0, 0.1) is 0 Å². The third-order valence-electron chi connectivity index (χ3n) is 6.93. The third-order valence-corrected chi connectivity index (χ3v) is 8.97. The van der Waals surface area contributed by atoms with Crippen molar-refractivity contribution in [3.8, 4) is 5.75 Å². The number of benzene rings is 1. The summed E-state index contributed by atoms with van der Waals surface area (Å²) in [6.07, 6.45) is 8.85. The summed E-state index contributed by atoms with van der Waals surface area (Å²) < 4.78 is 43.7. The van der Waals surface area contributed by atoms with Gasteiger partial charge in [-0.3, -0.25) is 0 Å². The van der Waals surface area contributed by atoms with E-state index in [0.29, 0.717) is 32.2 Å². The van der Waals surface area contributed by atoms with Crippen molar-refractivity contribution < 1.29 is 17.9 Å². The van der Waals surface area contributed by atoms with Gasteiger partial charge in [0.25, 0.3) is 10.2 Å². The first kappa shape index (κ1) is 21.2.